The maximum absolute atomic E-state index is 13.0. The largest absolute Gasteiger partial charge is 0.462 e. The van der Waals surface area contributed by atoms with Gasteiger partial charge in [0.25, 0.3) is 0 Å². The summed E-state index contributed by atoms with van der Waals surface area (Å²) in [5.41, 5.74) is 0. The zero-order valence-corrected chi connectivity index (χ0v) is 54.8. The monoisotopic (exact) mass is 1150 g/mol. The van der Waals surface area contributed by atoms with Crippen molar-refractivity contribution in [3.63, 3.8) is 0 Å². The normalized spacial score (nSPS) is 12.5. The van der Waals surface area contributed by atoms with Crippen LogP contribution in [-0.4, -0.2) is 37.2 Å². The van der Waals surface area contributed by atoms with Crippen LogP contribution in [0.3, 0.4) is 0 Å². The van der Waals surface area contributed by atoms with Gasteiger partial charge in [0, 0.05) is 19.3 Å². The molecule has 0 bridgehead atoms. The van der Waals surface area contributed by atoms with Gasteiger partial charge in [0.15, 0.2) is 6.10 Å². The topological polar surface area (TPSA) is 78.9 Å². The lowest BCUT2D eigenvalue weighted by atomic mass is 10.0. The van der Waals surface area contributed by atoms with Crippen LogP contribution in [0.1, 0.15) is 374 Å². The van der Waals surface area contributed by atoms with Crippen molar-refractivity contribution in [1.82, 2.24) is 0 Å². The van der Waals surface area contributed by atoms with Crippen LogP contribution in [0, 0.1) is 0 Å². The molecule has 1 atom stereocenters. The van der Waals surface area contributed by atoms with Gasteiger partial charge in [-0.25, -0.2) is 0 Å². The Labute approximate surface area is 510 Å². The molecule has 0 aliphatic carbocycles. The van der Waals surface area contributed by atoms with E-state index in [1.54, 1.807) is 0 Å². The van der Waals surface area contributed by atoms with Crippen LogP contribution < -0.4 is 0 Å². The fraction of sp³-hybridized carbons (Fsp3) is 0.803. The Morgan fingerprint density at radius 1 is 0.256 bits per heavy atom. The molecule has 0 aliphatic heterocycles. The zero-order valence-electron chi connectivity index (χ0n) is 54.8. The summed E-state index contributed by atoms with van der Waals surface area (Å²) in [5.74, 6) is -0.874. The first-order valence-electron chi connectivity index (χ1n) is 35.9. The minimum atomic E-state index is -0.784. The Morgan fingerprint density at radius 3 is 0.744 bits per heavy atom. The Hall–Kier alpha value is -3.15. The number of ether oxygens (including phenoxy) is 3. The first-order valence-corrected chi connectivity index (χ1v) is 35.9. The third kappa shape index (κ3) is 67.6. The smallest absolute Gasteiger partial charge is 0.306 e. The number of carbonyl (C=O) groups is 3. The van der Waals surface area contributed by atoms with E-state index in [0.717, 1.165) is 109 Å². The molecule has 0 heterocycles. The molecule has 0 aliphatic rings. The molecule has 0 saturated heterocycles. The standard InChI is InChI=1S/C76H136O6/c1-4-7-10-13-16-19-22-25-28-30-32-34-36-37-38-39-40-42-43-45-48-51-54-57-60-63-66-69-75(78)81-72-73(71-80-74(77)68-65-62-59-56-53-50-47-27-24-21-18-15-12-9-6-3)82-76(79)70-67-64-61-58-55-52-49-46-44-41-35-33-31-29-26-23-20-17-14-11-8-5-2/h9,12,18,21-22,25,27,30,32,36-37,47,73H,4-8,10-11,13-17,19-20,23-24,26,28-29,31,33-35,38-46,48-72H2,1-3H3/b12-9-,21-18-,25-22-,32-30-,37-36-,47-27-. The van der Waals surface area contributed by atoms with Crippen molar-refractivity contribution >= 4 is 17.9 Å². The van der Waals surface area contributed by atoms with Crippen LogP contribution in [0.15, 0.2) is 72.9 Å². The zero-order chi connectivity index (χ0) is 59.2. The number of allylic oxidation sites excluding steroid dienone is 12. The molecule has 6 nitrogen and oxygen atoms in total. The number of hydrogen-bond acceptors (Lipinski definition) is 6. The van der Waals surface area contributed by atoms with Gasteiger partial charge in [-0.05, 0) is 89.9 Å². The number of rotatable bonds is 66. The SMILES string of the molecule is CC/C=C\C/C=C\C/C=C\CCCCCCCC(=O)OCC(COC(=O)CCCCCCCCCCCCCC/C=C\C/C=C\C/C=C\CCCCCCC)OC(=O)CCCCCCCCCCCCCCCCCCCCCCCC. The molecule has 0 aromatic heterocycles. The van der Waals surface area contributed by atoms with Gasteiger partial charge in [-0.2, -0.15) is 0 Å². The van der Waals surface area contributed by atoms with Gasteiger partial charge in [-0.1, -0.05) is 338 Å². The van der Waals surface area contributed by atoms with E-state index in [4.69, 9.17) is 14.2 Å². The maximum atomic E-state index is 13.0. The number of unbranched alkanes of at least 4 members (excludes halogenated alkanes) is 43. The van der Waals surface area contributed by atoms with Crippen molar-refractivity contribution in [2.24, 2.45) is 0 Å². The highest BCUT2D eigenvalue weighted by molar-refractivity contribution is 5.71. The van der Waals surface area contributed by atoms with Crippen molar-refractivity contribution < 1.29 is 28.6 Å². The maximum Gasteiger partial charge on any atom is 0.306 e. The molecule has 0 N–H and O–H groups in total. The van der Waals surface area contributed by atoms with E-state index in [9.17, 15) is 14.4 Å². The minimum Gasteiger partial charge on any atom is -0.462 e. The van der Waals surface area contributed by atoms with Gasteiger partial charge >= 0.3 is 17.9 Å². The molecule has 0 aromatic rings. The van der Waals surface area contributed by atoms with Gasteiger partial charge in [-0.15, -0.1) is 0 Å². The molecular weight excluding hydrogens is 1010 g/mol. The summed E-state index contributed by atoms with van der Waals surface area (Å²) in [7, 11) is 0. The summed E-state index contributed by atoms with van der Waals surface area (Å²) in [4.78, 5) is 38.5. The van der Waals surface area contributed by atoms with Crippen molar-refractivity contribution in [3.05, 3.63) is 72.9 Å². The summed E-state index contributed by atoms with van der Waals surface area (Å²) < 4.78 is 17.0. The van der Waals surface area contributed by atoms with Crippen molar-refractivity contribution in [2.75, 3.05) is 13.2 Å². The molecule has 82 heavy (non-hydrogen) atoms. The summed E-state index contributed by atoms with van der Waals surface area (Å²) >= 11 is 0. The Morgan fingerprint density at radius 2 is 0.476 bits per heavy atom. The first kappa shape index (κ1) is 78.8. The highest BCUT2D eigenvalue weighted by Gasteiger charge is 2.19. The molecule has 0 saturated carbocycles. The molecule has 0 radical (unpaired) electrons. The summed E-state index contributed by atoms with van der Waals surface area (Å²) in [6, 6.07) is 0. The van der Waals surface area contributed by atoms with Gasteiger partial charge in [-0.3, -0.25) is 14.4 Å². The van der Waals surface area contributed by atoms with E-state index in [2.05, 4.69) is 93.7 Å². The molecule has 0 amide bonds. The van der Waals surface area contributed by atoms with E-state index in [1.165, 1.54) is 225 Å². The summed E-state index contributed by atoms with van der Waals surface area (Å²) in [6.07, 6.45) is 92.2. The quantitative estimate of drug-likeness (QED) is 0.0261. The first-order chi connectivity index (χ1) is 40.5. The number of hydrogen-bond donors (Lipinski definition) is 0. The second-order valence-electron chi connectivity index (χ2n) is 24.1. The lowest BCUT2D eigenvalue weighted by Crippen LogP contribution is -2.30. The van der Waals surface area contributed by atoms with E-state index in [1.807, 2.05) is 0 Å². The van der Waals surface area contributed by atoms with Crippen LogP contribution in [-0.2, 0) is 28.6 Å². The lowest BCUT2D eigenvalue weighted by molar-refractivity contribution is -0.167. The minimum absolute atomic E-state index is 0.0784. The second kappa shape index (κ2) is 70.3. The van der Waals surface area contributed by atoms with E-state index < -0.39 is 6.10 Å². The van der Waals surface area contributed by atoms with Crippen LogP contribution in [0.2, 0.25) is 0 Å². The molecular formula is C76H136O6. The molecule has 0 rings (SSSR count). The van der Waals surface area contributed by atoms with E-state index >= 15 is 0 Å². The van der Waals surface area contributed by atoms with Gasteiger partial charge < -0.3 is 14.2 Å². The number of esters is 3. The lowest BCUT2D eigenvalue weighted by Gasteiger charge is -2.18. The van der Waals surface area contributed by atoms with Gasteiger partial charge in [0.1, 0.15) is 13.2 Å². The Bertz CT molecular complexity index is 1500. The third-order valence-electron chi connectivity index (χ3n) is 15.9. The molecule has 0 spiro atoms. The predicted octanol–water partition coefficient (Wildman–Crippen LogP) is 24.8. The Kier molecular flexibility index (Phi) is 67.6. The van der Waals surface area contributed by atoms with E-state index in [0.29, 0.717) is 19.3 Å². The van der Waals surface area contributed by atoms with Crippen molar-refractivity contribution in [1.29, 1.82) is 0 Å². The highest BCUT2D eigenvalue weighted by atomic mass is 16.6. The Balaban J connectivity index is 4.29. The average Bonchev–Trinajstić information content (AvgIpc) is 3.48. The van der Waals surface area contributed by atoms with Gasteiger partial charge in [0.05, 0.1) is 0 Å². The molecule has 0 aromatic carbocycles. The fourth-order valence-electron chi connectivity index (χ4n) is 10.6. The van der Waals surface area contributed by atoms with Crippen LogP contribution >= 0.6 is 0 Å². The fourth-order valence-corrected chi connectivity index (χ4v) is 10.6. The second-order valence-corrected chi connectivity index (χ2v) is 24.1. The van der Waals surface area contributed by atoms with Crippen LogP contribution in [0.25, 0.3) is 0 Å². The highest BCUT2D eigenvalue weighted by Crippen LogP contribution is 2.18. The predicted molar refractivity (Wildman–Crippen MR) is 358 cm³/mol. The molecule has 476 valence electrons. The van der Waals surface area contributed by atoms with Crippen LogP contribution in [0.4, 0.5) is 0 Å². The molecule has 1 unspecified atom stereocenters. The van der Waals surface area contributed by atoms with E-state index in [-0.39, 0.29) is 31.1 Å². The summed E-state index contributed by atoms with van der Waals surface area (Å²) in [6.45, 7) is 6.56. The van der Waals surface area contributed by atoms with Crippen LogP contribution in [0.5, 0.6) is 0 Å². The summed E-state index contributed by atoms with van der Waals surface area (Å²) in [5, 5.41) is 0. The molecule has 6 heteroatoms. The third-order valence-corrected chi connectivity index (χ3v) is 15.9. The number of carbonyl (C=O) groups excluding carboxylic acids is 3. The van der Waals surface area contributed by atoms with Gasteiger partial charge in [0.2, 0.25) is 0 Å². The van der Waals surface area contributed by atoms with Crippen molar-refractivity contribution in [3.8, 4) is 0 Å². The average molecular weight is 1150 g/mol. The molecule has 0 fully saturated rings. The van der Waals surface area contributed by atoms with Crippen molar-refractivity contribution in [2.45, 2.75) is 380 Å².